The largest absolute Gasteiger partial charge is 0.352 e. The minimum atomic E-state index is -0.0908. The number of nitrogens with zero attached hydrogens (tertiary/aromatic N) is 1. The summed E-state index contributed by atoms with van der Waals surface area (Å²) in [4.78, 5) is 27.5. The van der Waals surface area contributed by atoms with Gasteiger partial charge in [0.15, 0.2) is 0 Å². The van der Waals surface area contributed by atoms with Crippen LogP contribution in [0.4, 0.5) is 5.69 Å². The van der Waals surface area contributed by atoms with Crippen LogP contribution in [0, 0.1) is 0 Å². The molecule has 24 heavy (non-hydrogen) atoms. The molecular weight excluding hydrogens is 322 g/mol. The summed E-state index contributed by atoms with van der Waals surface area (Å²) in [5.74, 6) is -0.0825. The summed E-state index contributed by atoms with van der Waals surface area (Å²) in [6.45, 7) is 5.99. The molecule has 1 aromatic rings. The third-order valence-electron chi connectivity index (χ3n) is 4.56. The second-order valence-corrected chi connectivity index (χ2v) is 7.85. The number of carbonyl (C=O) groups is 2. The molecule has 0 aliphatic carbocycles. The van der Waals surface area contributed by atoms with Crippen molar-refractivity contribution in [2.75, 3.05) is 31.5 Å². The predicted molar refractivity (Wildman–Crippen MR) is 97.6 cm³/mol. The van der Waals surface area contributed by atoms with E-state index >= 15 is 0 Å². The van der Waals surface area contributed by atoms with Gasteiger partial charge in [0.2, 0.25) is 5.91 Å². The number of anilines is 1. The second kappa shape index (κ2) is 8.03. The average Bonchev–Trinajstić information content (AvgIpc) is 2.60. The van der Waals surface area contributed by atoms with E-state index < -0.39 is 0 Å². The van der Waals surface area contributed by atoms with Crippen LogP contribution in [0.2, 0.25) is 0 Å². The Morgan fingerprint density at radius 3 is 2.92 bits per heavy atom. The molecule has 2 N–H and O–H groups in total. The molecule has 0 saturated carbocycles. The van der Waals surface area contributed by atoms with Crippen molar-refractivity contribution >= 4 is 29.3 Å². The van der Waals surface area contributed by atoms with E-state index in [1.807, 2.05) is 19.1 Å². The van der Waals surface area contributed by atoms with Gasteiger partial charge in [0.25, 0.3) is 5.91 Å². The maximum Gasteiger partial charge on any atom is 0.251 e. The Balaban J connectivity index is 1.48. The van der Waals surface area contributed by atoms with Crippen LogP contribution < -0.4 is 10.6 Å². The molecule has 1 aromatic carbocycles. The minimum Gasteiger partial charge on any atom is -0.352 e. The third-order valence-corrected chi connectivity index (χ3v) is 5.74. The van der Waals surface area contributed by atoms with Crippen molar-refractivity contribution in [2.24, 2.45) is 0 Å². The van der Waals surface area contributed by atoms with Crippen molar-refractivity contribution in [3.05, 3.63) is 23.8 Å². The summed E-state index contributed by atoms with van der Waals surface area (Å²) in [6, 6.07) is 5.51. The average molecular weight is 347 g/mol. The zero-order valence-corrected chi connectivity index (χ0v) is 15.0. The van der Waals surface area contributed by atoms with Crippen LogP contribution in [0.5, 0.6) is 0 Å². The number of hydrogen-bond donors (Lipinski definition) is 2. The van der Waals surface area contributed by atoms with Crippen molar-refractivity contribution in [1.29, 1.82) is 0 Å². The highest BCUT2D eigenvalue weighted by molar-refractivity contribution is 8.00. The van der Waals surface area contributed by atoms with Crippen molar-refractivity contribution in [3.8, 4) is 0 Å². The molecule has 3 rings (SSSR count). The van der Waals surface area contributed by atoms with Crippen LogP contribution in [0.25, 0.3) is 0 Å². The fraction of sp³-hybridized carbons (Fsp3) is 0.556. The van der Waals surface area contributed by atoms with E-state index in [1.54, 1.807) is 6.07 Å². The molecule has 1 saturated heterocycles. The van der Waals surface area contributed by atoms with Crippen molar-refractivity contribution in [1.82, 2.24) is 10.2 Å². The Bertz CT molecular complexity index is 614. The Kier molecular flexibility index (Phi) is 5.79. The lowest BCUT2D eigenvalue weighted by Gasteiger charge is -2.26. The summed E-state index contributed by atoms with van der Waals surface area (Å²) < 4.78 is 0. The third kappa shape index (κ3) is 4.30. The van der Waals surface area contributed by atoms with Gasteiger partial charge in [-0.05, 0) is 64.0 Å². The molecule has 2 amide bonds. The predicted octanol–water partition coefficient (Wildman–Crippen LogP) is 2.73. The zero-order valence-electron chi connectivity index (χ0n) is 14.1. The van der Waals surface area contributed by atoms with Gasteiger partial charge in [0.1, 0.15) is 0 Å². The lowest BCUT2D eigenvalue weighted by molar-refractivity contribution is -0.115. The van der Waals surface area contributed by atoms with Gasteiger partial charge in [-0.15, -0.1) is 11.8 Å². The normalized spacial score (nSPS) is 21.0. The quantitative estimate of drug-likeness (QED) is 0.804. The fourth-order valence-corrected chi connectivity index (χ4v) is 4.07. The molecule has 1 unspecified atom stereocenters. The number of nitrogens with one attached hydrogen (secondary N) is 2. The second-order valence-electron chi connectivity index (χ2n) is 6.47. The zero-order chi connectivity index (χ0) is 16.9. The molecular formula is C18H25N3O2S. The van der Waals surface area contributed by atoms with Crippen LogP contribution in [0.15, 0.2) is 23.1 Å². The van der Waals surface area contributed by atoms with E-state index in [0.29, 0.717) is 12.1 Å². The van der Waals surface area contributed by atoms with Gasteiger partial charge < -0.3 is 15.5 Å². The van der Waals surface area contributed by atoms with Crippen LogP contribution in [0.1, 0.15) is 43.0 Å². The van der Waals surface area contributed by atoms with Gasteiger partial charge in [-0.25, -0.2) is 0 Å². The number of thioether (sulfide) groups is 1. The number of fused-ring (bicyclic) bond motifs is 1. The SMILES string of the molecule is CC1Sc2ccc(C(=O)NCCCN3CCCCC3)cc2NC1=O. The smallest absolute Gasteiger partial charge is 0.251 e. The van der Waals surface area contributed by atoms with Crippen molar-refractivity contribution < 1.29 is 9.59 Å². The Hall–Kier alpha value is -1.53. The molecule has 1 fully saturated rings. The van der Waals surface area contributed by atoms with Gasteiger partial charge in [-0.2, -0.15) is 0 Å². The summed E-state index contributed by atoms with van der Waals surface area (Å²) in [7, 11) is 0. The Labute approximate surface area is 147 Å². The summed E-state index contributed by atoms with van der Waals surface area (Å²) in [5.41, 5.74) is 1.34. The molecule has 5 nitrogen and oxygen atoms in total. The first-order valence-corrected chi connectivity index (χ1v) is 9.63. The molecule has 2 heterocycles. The molecule has 2 aliphatic heterocycles. The first-order valence-electron chi connectivity index (χ1n) is 8.75. The number of carbonyl (C=O) groups excluding carboxylic acids is 2. The number of hydrogen-bond acceptors (Lipinski definition) is 4. The Morgan fingerprint density at radius 1 is 1.33 bits per heavy atom. The maximum atomic E-state index is 12.3. The van der Waals surface area contributed by atoms with Crippen LogP contribution >= 0.6 is 11.8 Å². The summed E-state index contributed by atoms with van der Waals surface area (Å²) >= 11 is 1.53. The number of rotatable bonds is 5. The first kappa shape index (κ1) is 17.3. The van der Waals surface area contributed by atoms with Crippen molar-refractivity contribution in [2.45, 2.75) is 42.8 Å². The molecule has 0 aromatic heterocycles. The first-order chi connectivity index (χ1) is 11.6. The monoisotopic (exact) mass is 347 g/mol. The van der Waals surface area contributed by atoms with E-state index in [1.165, 1.54) is 44.1 Å². The van der Waals surface area contributed by atoms with E-state index in [9.17, 15) is 9.59 Å². The lowest BCUT2D eigenvalue weighted by atomic mass is 10.1. The fourth-order valence-electron chi connectivity index (χ4n) is 3.14. The number of benzene rings is 1. The van der Waals surface area contributed by atoms with Gasteiger partial charge >= 0.3 is 0 Å². The highest BCUT2D eigenvalue weighted by Gasteiger charge is 2.23. The number of amides is 2. The van der Waals surface area contributed by atoms with Gasteiger partial charge in [0.05, 0.1) is 10.9 Å². The molecule has 0 radical (unpaired) electrons. The highest BCUT2D eigenvalue weighted by Crippen LogP contribution is 2.35. The molecule has 1 atom stereocenters. The van der Waals surface area contributed by atoms with E-state index in [4.69, 9.17) is 0 Å². The van der Waals surface area contributed by atoms with Gasteiger partial charge in [-0.3, -0.25) is 9.59 Å². The topological polar surface area (TPSA) is 61.4 Å². The summed E-state index contributed by atoms with van der Waals surface area (Å²) in [5, 5.41) is 5.76. The number of piperidine rings is 1. The standard InChI is InChI=1S/C18H25N3O2S/c1-13-17(22)20-15-12-14(6-7-16(15)24-13)18(23)19-8-5-11-21-9-3-2-4-10-21/h6-7,12-13H,2-5,8-11H2,1H3,(H,19,23)(H,20,22). The van der Waals surface area contributed by atoms with Crippen molar-refractivity contribution in [3.63, 3.8) is 0 Å². The van der Waals surface area contributed by atoms with Crippen LogP contribution in [-0.2, 0) is 4.79 Å². The molecule has 0 bridgehead atoms. The molecule has 130 valence electrons. The molecule has 6 heteroatoms. The molecule has 2 aliphatic rings. The van der Waals surface area contributed by atoms with Gasteiger partial charge in [0, 0.05) is 17.0 Å². The van der Waals surface area contributed by atoms with Crippen LogP contribution in [-0.4, -0.2) is 48.1 Å². The minimum absolute atomic E-state index is 0.00779. The maximum absolute atomic E-state index is 12.3. The van der Waals surface area contributed by atoms with E-state index in [0.717, 1.165) is 23.5 Å². The highest BCUT2D eigenvalue weighted by atomic mass is 32.2. The Morgan fingerprint density at radius 2 is 2.12 bits per heavy atom. The van der Waals surface area contributed by atoms with E-state index in [-0.39, 0.29) is 17.1 Å². The lowest BCUT2D eigenvalue weighted by Crippen LogP contribution is -2.33. The summed E-state index contributed by atoms with van der Waals surface area (Å²) in [6.07, 6.45) is 4.91. The van der Waals surface area contributed by atoms with Gasteiger partial charge in [-0.1, -0.05) is 6.42 Å². The van der Waals surface area contributed by atoms with Crippen LogP contribution in [0.3, 0.4) is 0 Å². The van der Waals surface area contributed by atoms with E-state index in [2.05, 4.69) is 15.5 Å². The molecule has 0 spiro atoms. The number of likely N-dealkylation sites (tertiary alicyclic amines) is 1.